The van der Waals surface area contributed by atoms with Crippen LogP contribution in [0.1, 0.15) is 37.8 Å². The van der Waals surface area contributed by atoms with Crippen molar-refractivity contribution in [3.63, 3.8) is 0 Å². The summed E-state index contributed by atoms with van der Waals surface area (Å²) in [6, 6.07) is 16.5. The summed E-state index contributed by atoms with van der Waals surface area (Å²) in [6.45, 7) is 6.30. The highest BCUT2D eigenvalue weighted by Crippen LogP contribution is 2.24. The lowest BCUT2D eigenvalue weighted by Gasteiger charge is -2.19. The van der Waals surface area contributed by atoms with Crippen LogP contribution in [0.3, 0.4) is 0 Å². The average Bonchev–Trinajstić information content (AvgIpc) is 3.39. The molecule has 0 radical (unpaired) electrons. The van der Waals surface area contributed by atoms with E-state index in [2.05, 4.69) is 20.3 Å². The van der Waals surface area contributed by atoms with Crippen molar-refractivity contribution in [2.45, 2.75) is 39.5 Å². The fraction of sp³-hybridized carbons (Fsp3) is 0.290. The molecular formula is C31H33N7O6. The Bertz CT molecular complexity index is 1690. The number of nitrogens with one attached hydrogen (secondary N) is 1. The van der Waals surface area contributed by atoms with Gasteiger partial charge < -0.3 is 34.6 Å². The minimum absolute atomic E-state index is 0.109. The summed E-state index contributed by atoms with van der Waals surface area (Å²) in [5.41, 5.74) is 8.30. The number of hydrogen-bond acceptors (Lipinski definition) is 12. The summed E-state index contributed by atoms with van der Waals surface area (Å²) in [5, 5.41) is 12.1. The van der Waals surface area contributed by atoms with Crippen molar-refractivity contribution >= 4 is 40.7 Å². The number of nitrogens with zero attached hydrogens (tertiary/aromatic N) is 5. The summed E-state index contributed by atoms with van der Waals surface area (Å²) in [5.74, 6) is -0.310. The minimum Gasteiger partial charge on any atom is -0.459 e. The number of aromatic nitrogens is 3. The Morgan fingerprint density at radius 1 is 1.11 bits per heavy atom. The van der Waals surface area contributed by atoms with Crippen molar-refractivity contribution in [2.24, 2.45) is 0 Å². The fourth-order valence-corrected chi connectivity index (χ4v) is 3.78. The smallest absolute Gasteiger partial charge is 0.407 e. The number of carbonyl (C=O) groups is 2. The molecule has 13 nitrogen and oxygen atoms in total. The molecule has 0 saturated heterocycles. The third kappa shape index (κ3) is 9.18. The number of nitrogens with two attached hydrogens (primary N) is 1. The van der Waals surface area contributed by atoms with E-state index >= 15 is 0 Å². The molecular weight excluding hydrogens is 566 g/mol. The summed E-state index contributed by atoms with van der Waals surface area (Å²) in [4.78, 5) is 38.7. The molecule has 0 spiro atoms. The van der Waals surface area contributed by atoms with E-state index in [1.807, 2.05) is 48.3 Å². The normalized spacial score (nSPS) is 11.5. The number of amides is 1. The van der Waals surface area contributed by atoms with E-state index in [4.69, 9.17) is 24.4 Å². The molecule has 44 heavy (non-hydrogen) atoms. The number of esters is 1. The van der Waals surface area contributed by atoms with Crippen LogP contribution in [0.25, 0.3) is 17.2 Å². The molecule has 13 heteroatoms. The van der Waals surface area contributed by atoms with Gasteiger partial charge in [-0.1, -0.05) is 24.3 Å². The predicted octanol–water partition coefficient (Wildman–Crippen LogP) is 4.39. The van der Waals surface area contributed by atoms with Crippen LogP contribution in [0.2, 0.25) is 0 Å². The number of nitrogen functional groups attached to an aromatic ring is 1. The number of ether oxygens (including phenoxy) is 3. The Kier molecular flexibility index (Phi) is 9.97. The maximum atomic E-state index is 12.3. The highest BCUT2D eigenvalue weighted by molar-refractivity contribution is 5.97. The van der Waals surface area contributed by atoms with Gasteiger partial charge in [0.1, 0.15) is 41.8 Å². The van der Waals surface area contributed by atoms with Gasteiger partial charge in [0.25, 0.3) is 0 Å². The van der Waals surface area contributed by atoms with Crippen LogP contribution in [-0.4, -0.2) is 52.8 Å². The lowest BCUT2D eigenvalue weighted by Crippen LogP contribution is -2.28. The molecule has 0 unspecified atom stereocenters. The van der Waals surface area contributed by atoms with E-state index in [1.165, 1.54) is 12.3 Å². The van der Waals surface area contributed by atoms with Gasteiger partial charge in [0.2, 0.25) is 5.89 Å². The van der Waals surface area contributed by atoms with Crippen molar-refractivity contribution in [1.82, 2.24) is 20.3 Å². The van der Waals surface area contributed by atoms with E-state index in [9.17, 15) is 14.9 Å². The summed E-state index contributed by atoms with van der Waals surface area (Å²) in [7, 11) is 1.85. The lowest BCUT2D eigenvalue weighted by molar-refractivity contribution is -0.149. The molecule has 0 atom stereocenters. The maximum Gasteiger partial charge on any atom is 0.407 e. The Balaban J connectivity index is 1.22. The molecule has 0 aliphatic carbocycles. The number of benzene rings is 2. The molecule has 0 aliphatic rings. The zero-order chi connectivity index (χ0) is 31.7. The van der Waals surface area contributed by atoms with Crippen molar-refractivity contribution in [1.29, 1.82) is 5.26 Å². The van der Waals surface area contributed by atoms with Gasteiger partial charge in [0, 0.05) is 37.6 Å². The van der Waals surface area contributed by atoms with Crippen molar-refractivity contribution in [3.05, 3.63) is 77.3 Å². The van der Waals surface area contributed by atoms with Gasteiger partial charge in [0.05, 0.1) is 6.54 Å². The highest BCUT2D eigenvalue weighted by Gasteiger charge is 2.21. The molecule has 0 saturated carbocycles. The third-order valence-corrected chi connectivity index (χ3v) is 5.98. The molecule has 0 aliphatic heterocycles. The van der Waals surface area contributed by atoms with Gasteiger partial charge >= 0.3 is 18.1 Å². The zero-order valence-corrected chi connectivity index (χ0v) is 24.9. The maximum absolute atomic E-state index is 12.3. The number of anilines is 2. The lowest BCUT2D eigenvalue weighted by atomic mass is 10.1. The van der Waals surface area contributed by atoms with Gasteiger partial charge in [-0.3, -0.25) is 0 Å². The monoisotopic (exact) mass is 599 g/mol. The molecule has 0 fully saturated rings. The molecule has 4 aromatic rings. The summed E-state index contributed by atoms with van der Waals surface area (Å²) >= 11 is 0. The number of carbonyl (C=O) groups excluding carboxylic acids is 2. The quantitative estimate of drug-likeness (QED) is 0.141. The third-order valence-electron chi connectivity index (χ3n) is 5.98. The van der Waals surface area contributed by atoms with Crippen LogP contribution < -0.4 is 20.7 Å². The second kappa shape index (κ2) is 14.0. The molecule has 4 rings (SSSR count). The molecule has 2 heterocycles. The zero-order valence-electron chi connectivity index (χ0n) is 24.9. The van der Waals surface area contributed by atoms with Crippen LogP contribution >= 0.6 is 0 Å². The largest absolute Gasteiger partial charge is 0.459 e. The number of likely N-dealkylation sites (N-methyl/N-ethyl adjacent to an activating group) is 1. The topological polar surface area (TPSA) is 179 Å². The number of fused-ring (bicyclic) bond motifs is 1. The summed E-state index contributed by atoms with van der Waals surface area (Å²) < 4.78 is 21.9. The highest BCUT2D eigenvalue weighted by atomic mass is 16.6. The molecule has 2 aromatic heterocycles. The Hall–Kier alpha value is -5.64. The van der Waals surface area contributed by atoms with E-state index in [0.717, 1.165) is 16.8 Å². The molecule has 228 valence electrons. The SMILES string of the molecule is CN(CCOC(=O)NCc1ccc(COc2nccc(N)n2)cc1)c1ccc2nc(/C=C(\C#N)C(=O)OC(C)(C)C)oc2c1. The van der Waals surface area contributed by atoms with Gasteiger partial charge in [-0.2, -0.15) is 10.2 Å². The van der Waals surface area contributed by atoms with Crippen LogP contribution in [0.5, 0.6) is 6.01 Å². The fourth-order valence-electron chi connectivity index (χ4n) is 3.78. The van der Waals surface area contributed by atoms with Crippen LogP contribution in [0, 0.1) is 11.3 Å². The molecule has 1 amide bonds. The Labute approximate surface area is 254 Å². The second-order valence-corrected chi connectivity index (χ2v) is 10.7. The Morgan fingerprint density at radius 3 is 2.57 bits per heavy atom. The van der Waals surface area contributed by atoms with Crippen molar-refractivity contribution < 1.29 is 28.2 Å². The first-order valence-corrected chi connectivity index (χ1v) is 13.7. The van der Waals surface area contributed by atoms with E-state index in [-0.39, 0.29) is 30.7 Å². The van der Waals surface area contributed by atoms with E-state index in [0.29, 0.717) is 30.0 Å². The second-order valence-electron chi connectivity index (χ2n) is 10.7. The van der Waals surface area contributed by atoms with Crippen LogP contribution in [0.15, 0.2) is 64.7 Å². The van der Waals surface area contributed by atoms with Gasteiger partial charge in [-0.25, -0.2) is 19.6 Å². The van der Waals surface area contributed by atoms with Gasteiger partial charge in [0.15, 0.2) is 5.58 Å². The first-order valence-electron chi connectivity index (χ1n) is 13.7. The number of nitriles is 1. The average molecular weight is 600 g/mol. The number of oxazole rings is 1. The molecule has 3 N–H and O–H groups in total. The van der Waals surface area contributed by atoms with Crippen molar-refractivity contribution in [3.8, 4) is 12.1 Å². The predicted molar refractivity (Wildman–Crippen MR) is 162 cm³/mol. The van der Waals surface area contributed by atoms with Crippen LogP contribution in [0.4, 0.5) is 16.3 Å². The first kappa shape index (κ1) is 31.3. The standard InChI is InChI=1S/C31H33N7O6/c1-31(2,3)44-28(39)22(17-32)15-27-36-24-10-9-23(16-25(24)43-27)38(4)13-14-41-30(40)35-18-20-5-7-21(8-6-20)19-42-29-34-12-11-26(33)37-29/h5-12,15-16H,13-14,18-19H2,1-4H3,(H,35,40)(H2,33,34,37)/b22-15+. The van der Waals surface area contributed by atoms with Crippen molar-refractivity contribution in [2.75, 3.05) is 30.8 Å². The summed E-state index contributed by atoms with van der Waals surface area (Å²) in [6.07, 6.45) is 2.25. The number of alkyl carbamates (subject to hydrolysis) is 1. The Morgan fingerprint density at radius 2 is 1.86 bits per heavy atom. The number of rotatable bonds is 11. The minimum atomic E-state index is -0.753. The van der Waals surface area contributed by atoms with E-state index in [1.54, 1.807) is 39.0 Å². The van der Waals surface area contributed by atoms with Gasteiger partial charge in [-0.05, 0) is 50.1 Å². The van der Waals surface area contributed by atoms with Gasteiger partial charge in [-0.15, -0.1) is 0 Å². The molecule has 2 aromatic carbocycles. The first-order chi connectivity index (χ1) is 21.0. The van der Waals surface area contributed by atoms with E-state index < -0.39 is 17.7 Å². The van der Waals surface area contributed by atoms with Crippen LogP contribution in [-0.2, 0) is 27.4 Å². The molecule has 0 bridgehead atoms. The number of hydrogen-bond donors (Lipinski definition) is 2.